The highest BCUT2D eigenvalue weighted by Crippen LogP contribution is 2.50. The molecule has 0 fully saturated rings. The lowest BCUT2D eigenvalue weighted by molar-refractivity contribution is 0.670. The SMILES string of the molecule is c1ccc(-c2c3ccccc3c(-c3cccc4c3oc3cccc(-c5c6ccccc6c(-c6cccnc6)c6ccccc56)c34)c3ccccc23)cc1. The Morgan fingerprint density at radius 2 is 0.755 bits per heavy atom. The molecule has 0 saturated heterocycles. The molecule has 0 N–H and O–H groups in total. The van der Waals surface area contributed by atoms with Crippen LogP contribution in [-0.2, 0) is 0 Å². The van der Waals surface area contributed by atoms with Gasteiger partial charge in [0.2, 0.25) is 0 Å². The molecule has 0 aliphatic rings. The molecule has 2 aromatic heterocycles. The highest BCUT2D eigenvalue weighted by molar-refractivity contribution is 6.28. The average Bonchev–Trinajstić information content (AvgIpc) is 3.62. The molecule has 0 amide bonds. The Kier molecular flexibility index (Phi) is 6.59. The standard InChI is InChI=1S/C51H31NO/c1-2-15-32(16-3-1)46-34-18-4-10-24-40(34)49(41-25-11-5-19-35(41)46)43-27-12-28-44-50-42(26-13-29-45(50)53-51(43)44)48-38-22-8-6-20-36(38)47(33-17-14-30-52-31-33)37-21-7-9-23-39(37)48/h1-31H. The van der Waals surface area contributed by atoms with Crippen molar-refractivity contribution in [2.24, 2.45) is 0 Å². The molecule has 246 valence electrons. The van der Waals surface area contributed by atoms with Gasteiger partial charge in [-0.15, -0.1) is 0 Å². The second-order valence-corrected chi connectivity index (χ2v) is 13.8. The molecule has 9 aromatic carbocycles. The highest BCUT2D eigenvalue weighted by atomic mass is 16.3. The molecule has 0 aliphatic heterocycles. The summed E-state index contributed by atoms with van der Waals surface area (Å²) in [6, 6.07) is 63.3. The first-order valence-electron chi connectivity index (χ1n) is 18.1. The van der Waals surface area contributed by atoms with E-state index >= 15 is 0 Å². The average molecular weight is 674 g/mol. The fraction of sp³-hybridized carbons (Fsp3) is 0. The molecule has 0 aliphatic carbocycles. The van der Waals surface area contributed by atoms with Crippen molar-refractivity contribution in [2.45, 2.75) is 0 Å². The first-order valence-corrected chi connectivity index (χ1v) is 18.1. The predicted molar refractivity (Wildman–Crippen MR) is 223 cm³/mol. The van der Waals surface area contributed by atoms with Crippen LogP contribution in [0.5, 0.6) is 0 Å². The van der Waals surface area contributed by atoms with Crippen LogP contribution in [0.25, 0.3) is 110 Å². The summed E-state index contributed by atoms with van der Waals surface area (Å²) in [4.78, 5) is 4.50. The van der Waals surface area contributed by atoms with E-state index < -0.39 is 0 Å². The maximum Gasteiger partial charge on any atom is 0.143 e. The van der Waals surface area contributed by atoms with E-state index in [1.807, 2.05) is 18.5 Å². The van der Waals surface area contributed by atoms with E-state index in [9.17, 15) is 0 Å². The quantitative estimate of drug-likeness (QED) is 0.174. The van der Waals surface area contributed by atoms with Gasteiger partial charge in [-0.25, -0.2) is 0 Å². The Labute approximate surface area is 306 Å². The molecule has 2 nitrogen and oxygen atoms in total. The third-order valence-corrected chi connectivity index (χ3v) is 10.9. The first kappa shape index (κ1) is 29.7. The Hall–Kier alpha value is -7.03. The van der Waals surface area contributed by atoms with Crippen LogP contribution in [0.15, 0.2) is 193 Å². The fourth-order valence-corrected chi connectivity index (χ4v) is 8.83. The second-order valence-electron chi connectivity index (χ2n) is 13.8. The van der Waals surface area contributed by atoms with Crippen LogP contribution >= 0.6 is 0 Å². The number of nitrogens with zero attached hydrogens (tertiary/aromatic N) is 1. The van der Waals surface area contributed by atoms with Crippen molar-refractivity contribution in [3.63, 3.8) is 0 Å². The van der Waals surface area contributed by atoms with Crippen LogP contribution in [0.2, 0.25) is 0 Å². The zero-order chi connectivity index (χ0) is 34.9. The van der Waals surface area contributed by atoms with E-state index in [0.29, 0.717) is 0 Å². The minimum absolute atomic E-state index is 0.879. The van der Waals surface area contributed by atoms with Crippen molar-refractivity contribution >= 4 is 65.0 Å². The van der Waals surface area contributed by atoms with Gasteiger partial charge in [-0.05, 0) is 83.0 Å². The molecule has 0 saturated carbocycles. The Balaban J connectivity index is 1.24. The zero-order valence-electron chi connectivity index (χ0n) is 28.8. The maximum absolute atomic E-state index is 7.02. The molecule has 0 radical (unpaired) electrons. The van der Waals surface area contributed by atoms with Crippen molar-refractivity contribution in [2.75, 3.05) is 0 Å². The van der Waals surface area contributed by atoms with Crippen LogP contribution < -0.4 is 0 Å². The van der Waals surface area contributed by atoms with Crippen LogP contribution in [0.4, 0.5) is 0 Å². The molecule has 0 unspecified atom stereocenters. The lowest BCUT2D eigenvalue weighted by atomic mass is 9.84. The molecule has 53 heavy (non-hydrogen) atoms. The van der Waals surface area contributed by atoms with E-state index in [2.05, 4.69) is 175 Å². The van der Waals surface area contributed by atoms with Crippen LogP contribution in [0.3, 0.4) is 0 Å². The van der Waals surface area contributed by atoms with Gasteiger partial charge in [0.05, 0.1) is 0 Å². The minimum atomic E-state index is 0.879. The van der Waals surface area contributed by atoms with Crippen molar-refractivity contribution in [1.82, 2.24) is 4.98 Å². The zero-order valence-corrected chi connectivity index (χ0v) is 28.8. The van der Waals surface area contributed by atoms with Gasteiger partial charge < -0.3 is 4.42 Å². The number of para-hydroxylation sites is 1. The van der Waals surface area contributed by atoms with Crippen molar-refractivity contribution in [3.05, 3.63) is 188 Å². The Morgan fingerprint density at radius 3 is 1.30 bits per heavy atom. The summed E-state index contributed by atoms with van der Waals surface area (Å²) in [5, 5.41) is 11.9. The summed E-state index contributed by atoms with van der Waals surface area (Å²) in [6.45, 7) is 0. The van der Waals surface area contributed by atoms with E-state index in [1.54, 1.807) is 0 Å². The molecule has 0 spiro atoms. The highest BCUT2D eigenvalue weighted by Gasteiger charge is 2.23. The van der Waals surface area contributed by atoms with Gasteiger partial charge in [0.15, 0.2) is 0 Å². The lowest BCUT2D eigenvalue weighted by Gasteiger charge is -2.18. The minimum Gasteiger partial charge on any atom is -0.455 e. The second kappa shape index (κ2) is 11.8. The summed E-state index contributed by atoms with van der Waals surface area (Å²) in [5.41, 5.74) is 11.2. The van der Waals surface area contributed by atoms with Gasteiger partial charge in [-0.1, -0.05) is 164 Å². The monoisotopic (exact) mass is 673 g/mol. The van der Waals surface area contributed by atoms with Gasteiger partial charge in [0.25, 0.3) is 0 Å². The molecule has 11 aromatic rings. The third-order valence-electron chi connectivity index (χ3n) is 10.9. The van der Waals surface area contributed by atoms with Gasteiger partial charge in [0.1, 0.15) is 11.2 Å². The van der Waals surface area contributed by atoms with Crippen molar-refractivity contribution in [3.8, 4) is 44.5 Å². The Morgan fingerprint density at radius 1 is 0.321 bits per heavy atom. The van der Waals surface area contributed by atoms with Gasteiger partial charge in [-0.2, -0.15) is 0 Å². The van der Waals surface area contributed by atoms with Gasteiger partial charge in [0, 0.05) is 39.9 Å². The summed E-state index contributed by atoms with van der Waals surface area (Å²) >= 11 is 0. The van der Waals surface area contributed by atoms with E-state index in [1.165, 1.54) is 70.9 Å². The van der Waals surface area contributed by atoms with Crippen LogP contribution in [0, 0.1) is 0 Å². The number of fused-ring (bicyclic) bond motifs is 7. The lowest BCUT2D eigenvalue weighted by Crippen LogP contribution is -1.91. The molecule has 0 atom stereocenters. The van der Waals surface area contributed by atoms with Crippen LogP contribution in [-0.4, -0.2) is 4.98 Å². The van der Waals surface area contributed by atoms with Crippen molar-refractivity contribution in [1.29, 1.82) is 0 Å². The Bertz CT molecular complexity index is 3100. The molecular weight excluding hydrogens is 643 g/mol. The summed E-state index contributed by atoms with van der Waals surface area (Å²) in [5.74, 6) is 0. The normalized spacial score (nSPS) is 11.8. The number of aromatic nitrogens is 1. The van der Waals surface area contributed by atoms with E-state index in [-0.39, 0.29) is 0 Å². The number of hydrogen-bond acceptors (Lipinski definition) is 2. The van der Waals surface area contributed by atoms with Gasteiger partial charge >= 0.3 is 0 Å². The predicted octanol–water partition coefficient (Wildman–Crippen LogP) is 14.3. The molecular formula is C51H31NO. The summed E-state index contributed by atoms with van der Waals surface area (Å²) in [6.07, 6.45) is 3.81. The molecule has 2 heterocycles. The largest absolute Gasteiger partial charge is 0.455 e. The van der Waals surface area contributed by atoms with Gasteiger partial charge in [-0.3, -0.25) is 4.98 Å². The third kappa shape index (κ3) is 4.43. The van der Waals surface area contributed by atoms with E-state index in [4.69, 9.17) is 4.42 Å². The summed E-state index contributed by atoms with van der Waals surface area (Å²) in [7, 11) is 0. The number of furan rings is 1. The van der Waals surface area contributed by atoms with Crippen molar-refractivity contribution < 1.29 is 4.42 Å². The van der Waals surface area contributed by atoms with E-state index in [0.717, 1.165) is 38.6 Å². The van der Waals surface area contributed by atoms with Crippen LogP contribution in [0.1, 0.15) is 0 Å². The first-order chi connectivity index (χ1) is 26.3. The molecule has 2 heteroatoms. The number of hydrogen-bond donors (Lipinski definition) is 0. The molecule has 11 rings (SSSR count). The number of rotatable bonds is 4. The number of pyridine rings is 1. The molecule has 0 bridgehead atoms. The smallest absolute Gasteiger partial charge is 0.143 e. The summed E-state index contributed by atoms with van der Waals surface area (Å²) < 4.78 is 7.02. The maximum atomic E-state index is 7.02. The fourth-order valence-electron chi connectivity index (χ4n) is 8.83. The topological polar surface area (TPSA) is 26.0 Å². The number of benzene rings is 9.